The summed E-state index contributed by atoms with van der Waals surface area (Å²) < 4.78 is 23.1. The Bertz CT molecular complexity index is 1140. The molecule has 0 rings (SSSR count). The van der Waals surface area contributed by atoms with Crippen LogP contribution in [0, 0.1) is 0 Å². The van der Waals surface area contributed by atoms with Crippen LogP contribution in [0.4, 0.5) is 0 Å². The van der Waals surface area contributed by atoms with Gasteiger partial charge in [-0.05, 0) is 83.5 Å². The molecular weight excluding hydrogens is 683 g/mol. The average Bonchev–Trinajstić information content (AvgIpc) is 3.10. The number of phosphoric ester groups is 1. The minimum absolute atomic E-state index is 0.0190. The molecule has 3 unspecified atom stereocenters. The number of unbranched alkanes of at least 4 members (excludes halogenated alkanes) is 10. The second-order valence-corrected chi connectivity index (χ2v) is 16.0. The third-order valence-electron chi connectivity index (χ3n) is 8.32. The Balaban J connectivity index is 4.63. The number of nitrogens with zero attached hydrogens (tertiary/aromatic N) is 1. The van der Waals surface area contributed by atoms with Gasteiger partial charge in [-0.2, -0.15) is 0 Å². The van der Waals surface area contributed by atoms with Gasteiger partial charge in [-0.15, -0.1) is 0 Å². The van der Waals surface area contributed by atoms with Gasteiger partial charge in [0.2, 0.25) is 5.91 Å². The number of amides is 1. The second-order valence-electron chi connectivity index (χ2n) is 14.6. The van der Waals surface area contributed by atoms with Crippen LogP contribution in [0.15, 0.2) is 85.1 Å². The summed E-state index contributed by atoms with van der Waals surface area (Å²) in [5.74, 6) is -0.241. The number of phosphoric acid groups is 1. The van der Waals surface area contributed by atoms with Gasteiger partial charge in [0.25, 0.3) is 7.82 Å². The van der Waals surface area contributed by atoms with Gasteiger partial charge in [-0.1, -0.05) is 131 Å². The molecule has 0 aliphatic rings. The Morgan fingerprint density at radius 3 is 1.74 bits per heavy atom. The van der Waals surface area contributed by atoms with E-state index in [-0.39, 0.29) is 12.5 Å². The monoisotopic (exact) mass is 761 g/mol. The van der Waals surface area contributed by atoms with Crippen molar-refractivity contribution < 1.29 is 32.9 Å². The zero-order valence-electron chi connectivity index (χ0n) is 34.2. The molecule has 0 bridgehead atoms. The van der Waals surface area contributed by atoms with Crippen LogP contribution in [0.5, 0.6) is 0 Å². The normalized spacial score (nSPS) is 15.4. The molecule has 3 atom stereocenters. The van der Waals surface area contributed by atoms with Crippen LogP contribution in [0.1, 0.15) is 136 Å². The Kier molecular flexibility index (Phi) is 33.8. The molecule has 0 aliphatic heterocycles. The van der Waals surface area contributed by atoms with Crippen molar-refractivity contribution in [2.45, 2.75) is 148 Å². The summed E-state index contributed by atoms with van der Waals surface area (Å²) in [7, 11) is 1.20. The number of quaternary nitrogens is 1. The average molecular weight is 761 g/mol. The standard InChI is InChI=1S/C44H77N2O6P/c1-6-8-10-12-14-16-18-20-22-23-24-26-28-30-32-34-36-38-44(48)45-42(41-52-53(49,50)51-40-39-46(3,4)5)43(47)37-35-33-31-29-27-25-21-19-17-15-13-11-9-7-2/h8,10,14,16-17,19-20,22,24,26-27,29,35,37,42-43,47H,6-7,9,11-13,15,18,21,23,25,28,30-34,36,38-41H2,1-5H3,(H-,45,48,49,50)/b10-8-,16-14-,19-17+,22-20-,26-24-,29-27+,37-35+. The highest BCUT2D eigenvalue weighted by molar-refractivity contribution is 7.45. The Labute approximate surface area is 325 Å². The third-order valence-corrected chi connectivity index (χ3v) is 9.28. The fourth-order valence-corrected chi connectivity index (χ4v) is 5.78. The van der Waals surface area contributed by atoms with Crippen LogP contribution < -0.4 is 10.2 Å². The minimum Gasteiger partial charge on any atom is -0.756 e. The van der Waals surface area contributed by atoms with Crippen LogP contribution in [0.2, 0.25) is 0 Å². The molecule has 0 aromatic heterocycles. The molecule has 9 heteroatoms. The molecule has 0 saturated carbocycles. The first-order valence-electron chi connectivity index (χ1n) is 20.4. The van der Waals surface area contributed by atoms with Crippen molar-refractivity contribution in [1.29, 1.82) is 0 Å². The fraction of sp³-hybridized carbons (Fsp3) is 0.659. The maximum Gasteiger partial charge on any atom is 0.268 e. The van der Waals surface area contributed by atoms with Crippen molar-refractivity contribution in [1.82, 2.24) is 5.32 Å². The molecule has 8 nitrogen and oxygen atoms in total. The summed E-state index contributed by atoms with van der Waals surface area (Å²) >= 11 is 0. The van der Waals surface area contributed by atoms with Gasteiger partial charge in [0.05, 0.1) is 39.9 Å². The maximum atomic E-state index is 12.8. The quantitative estimate of drug-likeness (QED) is 0.0288. The Morgan fingerprint density at radius 2 is 1.17 bits per heavy atom. The van der Waals surface area contributed by atoms with Crippen molar-refractivity contribution in [2.75, 3.05) is 40.9 Å². The molecule has 0 radical (unpaired) electrons. The van der Waals surface area contributed by atoms with Gasteiger partial charge in [-0.25, -0.2) is 0 Å². The van der Waals surface area contributed by atoms with Gasteiger partial charge in [0.15, 0.2) is 0 Å². The number of nitrogens with one attached hydrogen (secondary N) is 1. The topological polar surface area (TPSA) is 108 Å². The highest BCUT2D eigenvalue weighted by Crippen LogP contribution is 2.38. The van der Waals surface area contributed by atoms with E-state index in [0.29, 0.717) is 17.4 Å². The van der Waals surface area contributed by atoms with E-state index < -0.39 is 26.6 Å². The third kappa shape index (κ3) is 37.8. The SMILES string of the molecule is CC/C=C\C/C=C\C/C=C\C/C=C\CCCCCCC(=O)NC(COP(=O)([O-])OCC[N+](C)(C)C)C(O)/C=C/CC/C=C/CC/C=C/CCCCCC. The molecule has 0 saturated heterocycles. The molecule has 0 heterocycles. The lowest BCUT2D eigenvalue weighted by Crippen LogP contribution is -2.45. The first-order valence-corrected chi connectivity index (χ1v) is 21.9. The van der Waals surface area contributed by atoms with Crippen LogP contribution in [0.25, 0.3) is 0 Å². The number of likely N-dealkylation sites (N-methyl/N-ethyl adjacent to an activating group) is 1. The number of hydrogen-bond acceptors (Lipinski definition) is 6. The predicted octanol–water partition coefficient (Wildman–Crippen LogP) is 10.4. The number of aliphatic hydroxyl groups is 1. The zero-order valence-corrected chi connectivity index (χ0v) is 35.1. The Hall–Kier alpha value is -2.32. The Morgan fingerprint density at radius 1 is 0.679 bits per heavy atom. The molecule has 0 fully saturated rings. The van der Waals surface area contributed by atoms with Gasteiger partial charge in [0, 0.05) is 6.42 Å². The van der Waals surface area contributed by atoms with Crippen LogP contribution in [0.3, 0.4) is 0 Å². The minimum atomic E-state index is -4.61. The summed E-state index contributed by atoms with van der Waals surface area (Å²) in [6.45, 7) is 4.42. The summed E-state index contributed by atoms with van der Waals surface area (Å²) in [5.41, 5.74) is 0. The van der Waals surface area contributed by atoms with Crippen molar-refractivity contribution in [3.63, 3.8) is 0 Å². The number of rotatable bonds is 35. The van der Waals surface area contributed by atoms with Crippen molar-refractivity contribution in [3.8, 4) is 0 Å². The zero-order chi connectivity index (χ0) is 39.3. The van der Waals surface area contributed by atoms with Crippen LogP contribution in [-0.4, -0.2) is 68.5 Å². The largest absolute Gasteiger partial charge is 0.756 e. The molecule has 0 aliphatic carbocycles. The van der Waals surface area contributed by atoms with E-state index in [1.807, 2.05) is 27.2 Å². The number of carbonyl (C=O) groups is 1. The first kappa shape index (κ1) is 50.7. The molecular formula is C44H77N2O6P. The van der Waals surface area contributed by atoms with Crippen molar-refractivity contribution >= 4 is 13.7 Å². The number of carbonyl (C=O) groups excluding carboxylic acids is 1. The summed E-state index contributed by atoms with van der Waals surface area (Å²) in [6.07, 6.45) is 47.7. The molecule has 0 aromatic carbocycles. The molecule has 0 spiro atoms. The fourth-order valence-electron chi connectivity index (χ4n) is 5.05. The highest BCUT2D eigenvalue weighted by Gasteiger charge is 2.23. The lowest BCUT2D eigenvalue weighted by atomic mass is 10.1. The molecule has 2 N–H and O–H groups in total. The number of hydrogen-bond donors (Lipinski definition) is 2. The highest BCUT2D eigenvalue weighted by atomic mass is 31.2. The van der Waals surface area contributed by atoms with E-state index in [1.54, 1.807) is 6.08 Å². The number of allylic oxidation sites excluding steroid dienone is 13. The summed E-state index contributed by atoms with van der Waals surface area (Å²) in [4.78, 5) is 25.2. The lowest BCUT2D eigenvalue weighted by Gasteiger charge is -2.29. The van der Waals surface area contributed by atoms with Gasteiger partial charge in [-0.3, -0.25) is 9.36 Å². The molecule has 53 heavy (non-hydrogen) atoms. The molecule has 1 amide bonds. The number of aliphatic hydroxyl groups excluding tert-OH is 1. The second kappa shape index (κ2) is 35.4. The first-order chi connectivity index (χ1) is 25.5. The van der Waals surface area contributed by atoms with E-state index in [9.17, 15) is 19.4 Å². The van der Waals surface area contributed by atoms with Crippen molar-refractivity contribution in [2.24, 2.45) is 0 Å². The summed E-state index contributed by atoms with van der Waals surface area (Å²) in [6, 6.07) is -0.925. The van der Waals surface area contributed by atoms with E-state index in [2.05, 4.69) is 92.1 Å². The van der Waals surface area contributed by atoms with Gasteiger partial charge in [0.1, 0.15) is 13.2 Å². The predicted molar refractivity (Wildman–Crippen MR) is 223 cm³/mol. The van der Waals surface area contributed by atoms with E-state index >= 15 is 0 Å². The van der Waals surface area contributed by atoms with Crippen LogP contribution in [-0.2, 0) is 18.4 Å². The lowest BCUT2D eigenvalue weighted by molar-refractivity contribution is -0.870. The van der Waals surface area contributed by atoms with E-state index in [1.165, 1.54) is 25.7 Å². The maximum absolute atomic E-state index is 12.8. The van der Waals surface area contributed by atoms with E-state index in [4.69, 9.17) is 9.05 Å². The van der Waals surface area contributed by atoms with Gasteiger partial charge >= 0.3 is 0 Å². The summed E-state index contributed by atoms with van der Waals surface area (Å²) in [5, 5.41) is 13.7. The van der Waals surface area contributed by atoms with E-state index in [0.717, 1.165) is 89.9 Å². The smallest absolute Gasteiger partial charge is 0.268 e. The molecule has 0 aromatic rings. The van der Waals surface area contributed by atoms with Crippen LogP contribution >= 0.6 is 7.82 Å². The van der Waals surface area contributed by atoms with Crippen molar-refractivity contribution in [3.05, 3.63) is 85.1 Å². The van der Waals surface area contributed by atoms with Gasteiger partial charge < -0.3 is 28.8 Å². The molecule has 304 valence electrons.